The molecule has 6 nitrogen and oxygen atoms in total. The van der Waals surface area contributed by atoms with Crippen LogP contribution in [0.15, 0.2) is 77.3 Å². The molecule has 1 aliphatic heterocycles. The van der Waals surface area contributed by atoms with Crippen molar-refractivity contribution in [2.45, 2.75) is 6.92 Å². The van der Waals surface area contributed by atoms with Gasteiger partial charge in [0, 0.05) is 10.0 Å². The van der Waals surface area contributed by atoms with Crippen LogP contribution in [0.5, 0.6) is 5.75 Å². The molecule has 0 bridgehead atoms. The zero-order valence-electron chi connectivity index (χ0n) is 17.2. The van der Waals surface area contributed by atoms with Crippen LogP contribution < -0.4 is 15.0 Å². The van der Waals surface area contributed by atoms with Crippen LogP contribution in [0, 0.1) is 6.92 Å². The second kappa shape index (κ2) is 8.80. The van der Waals surface area contributed by atoms with Gasteiger partial charge in [0.25, 0.3) is 11.8 Å². The molecule has 0 aliphatic carbocycles. The van der Waals surface area contributed by atoms with Crippen LogP contribution >= 0.6 is 15.9 Å². The van der Waals surface area contributed by atoms with Gasteiger partial charge in [0.15, 0.2) is 0 Å². The summed E-state index contributed by atoms with van der Waals surface area (Å²) in [6, 6.07) is 15.7. The maximum Gasteiger partial charge on any atom is 0.335 e. The van der Waals surface area contributed by atoms with Crippen LogP contribution in [-0.2, 0) is 9.59 Å². The number of hydrogen-bond donors (Lipinski definition) is 1. The quantitative estimate of drug-likeness (QED) is 0.305. The summed E-state index contributed by atoms with van der Waals surface area (Å²) in [6.45, 7) is 5.71. The van der Waals surface area contributed by atoms with Gasteiger partial charge in [-0.25, -0.2) is 9.69 Å². The third kappa shape index (κ3) is 3.94. The summed E-state index contributed by atoms with van der Waals surface area (Å²) < 4.78 is 6.59. The lowest BCUT2D eigenvalue weighted by atomic mass is 9.99. The molecule has 1 heterocycles. The zero-order valence-corrected chi connectivity index (χ0v) is 18.8. The van der Waals surface area contributed by atoms with Crippen molar-refractivity contribution >= 4 is 56.3 Å². The number of ether oxygens (including phenoxy) is 1. The van der Waals surface area contributed by atoms with E-state index >= 15 is 0 Å². The van der Waals surface area contributed by atoms with Gasteiger partial charge in [-0.15, -0.1) is 0 Å². The maximum absolute atomic E-state index is 13.4. The lowest BCUT2D eigenvalue weighted by Crippen LogP contribution is -2.54. The molecule has 0 saturated carbocycles. The Kier molecular flexibility index (Phi) is 5.92. The van der Waals surface area contributed by atoms with E-state index in [1.165, 1.54) is 6.08 Å². The molecule has 0 spiro atoms. The summed E-state index contributed by atoms with van der Waals surface area (Å²) in [6.07, 6.45) is 3.09. The second-order valence-corrected chi connectivity index (χ2v) is 8.10. The number of barbiturate groups is 1. The molecule has 1 aliphatic rings. The number of halogens is 1. The van der Waals surface area contributed by atoms with Crippen molar-refractivity contribution in [3.63, 3.8) is 0 Å². The molecule has 3 aromatic rings. The van der Waals surface area contributed by atoms with Gasteiger partial charge in [-0.1, -0.05) is 58.9 Å². The number of urea groups is 1. The number of nitrogens with zero attached hydrogens (tertiary/aromatic N) is 1. The fourth-order valence-corrected chi connectivity index (χ4v) is 4.06. The number of benzene rings is 3. The summed E-state index contributed by atoms with van der Waals surface area (Å²) in [5.74, 6) is -0.958. The van der Waals surface area contributed by atoms with Crippen molar-refractivity contribution < 1.29 is 19.1 Å². The Morgan fingerprint density at radius 1 is 1.09 bits per heavy atom. The maximum atomic E-state index is 13.4. The molecule has 1 fully saturated rings. The average molecular weight is 491 g/mol. The highest BCUT2D eigenvalue weighted by Gasteiger charge is 2.37. The molecule has 32 heavy (non-hydrogen) atoms. The van der Waals surface area contributed by atoms with Gasteiger partial charge in [-0.2, -0.15) is 0 Å². The normalized spacial score (nSPS) is 15.2. The van der Waals surface area contributed by atoms with E-state index in [2.05, 4.69) is 27.8 Å². The fourth-order valence-electron chi connectivity index (χ4n) is 3.59. The van der Waals surface area contributed by atoms with Crippen LogP contribution in [0.4, 0.5) is 10.5 Å². The lowest BCUT2D eigenvalue weighted by molar-refractivity contribution is -0.122. The Labute approximate surface area is 193 Å². The molecule has 7 heteroatoms. The number of carbonyl (C=O) groups is 3. The van der Waals surface area contributed by atoms with Gasteiger partial charge in [0.05, 0.1) is 5.69 Å². The summed E-state index contributed by atoms with van der Waals surface area (Å²) in [5, 5.41) is 4.00. The SMILES string of the molecule is C=CCOc1ccc2ccccc2c1/C=C1/C(=O)NC(=O)N(c2ccc(Br)cc2C)C1=O. The molecular weight excluding hydrogens is 472 g/mol. The third-order valence-electron chi connectivity index (χ3n) is 5.08. The second-order valence-electron chi connectivity index (χ2n) is 7.19. The van der Waals surface area contributed by atoms with Crippen LogP contribution in [0.25, 0.3) is 16.8 Å². The standard InChI is InChI=1S/C25H19BrN2O4/c1-3-12-32-22-11-8-16-6-4-5-7-18(16)19(22)14-20-23(29)27-25(31)28(24(20)30)21-10-9-17(26)13-15(21)2/h3-11,13-14H,1,12H2,2H3,(H,27,29,31)/b20-14-. The average Bonchev–Trinajstić information content (AvgIpc) is 2.76. The van der Waals surface area contributed by atoms with E-state index in [1.807, 2.05) is 30.3 Å². The van der Waals surface area contributed by atoms with E-state index in [0.717, 1.165) is 20.1 Å². The Morgan fingerprint density at radius 3 is 2.62 bits per heavy atom. The highest BCUT2D eigenvalue weighted by molar-refractivity contribution is 9.10. The Bertz CT molecular complexity index is 1310. The van der Waals surface area contributed by atoms with E-state index in [1.54, 1.807) is 37.3 Å². The minimum absolute atomic E-state index is 0.160. The molecule has 0 unspecified atom stereocenters. The molecular formula is C25H19BrN2O4. The highest BCUT2D eigenvalue weighted by Crippen LogP contribution is 2.32. The fraction of sp³-hybridized carbons (Fsp3) is 0.0800. The molecule has 1 saturated heterocycles. The molecule has 160 valence electrons. The van der Waals surface area contributed by atoms with Crippen LogP contribution in [-0.4, -0.2) is 24.5 Å². The van der Waals surface area contributed by atoms with Crippen molar-refractivity contribution in [2.75, 3.05) is 11.5 Å². The van der Waals surface area contributed by atoms with E-state index in [-0.39, 0.29) is 12.2 Å². The van der Waals surface area contributed by atoms with E-state index in [0.29, 0.717) is 22.6 Å². The Hall–Kier alpha value is -3.71. The van der Waals surface area contributed by atoms with Crippen molar-refractivity contribution in [3.8, 4) is 5.75 Å². The highest BCUT2D eigenvalue weighted by atomic mass is 79.9. The zero-order chi connectivity index (χ0) is 22.8. The number of amides is 4. The lowest BCUT2D eigenvalue weighted by Gasteiger charge is -2.27. The summed E-state index contributed by atoms with van der Waals surface area (Å²) >= 11 is 3.38. The first-order valence-corrected chi connectivity index (χ1v) is 10.6. The van der Waals surface area contributed by atoms with Crippen molar-refractivity contribution in [3.05, 3.63) is 88.4 Å². The summed E-state index contributed by atoms with van der Waals surface area (Å²) in [5.41, 5.74) is 1.52. The summed E-state index contributed by atoms with van der Waals surface area (Å²) in [7, 11) is 0. The summed E-state index contributed by atoms with van der Waals surface area (Å²) in [4.78, 5) is 39.6. The van der Waals surface area contributed by atoms with Crippen molar-refractivity contribution in [1.29, 1.82) is 0 Å². The van der Waals surface area contributed by atoms with Gasteiger partial charge in [0.2, 0.25) is 0 Å². The van der Waals surface area contributed by atoms with Crippen molar-refractivity contribution in [2.24, 2.45) is 0 Å². The first-order chi connectivity index (χ1) is 15.4. The van der Waals surface area contributed by atoms with Gasteiger partial charge in [-0.3, -0.25) is 14.9 Å². The van der Waals surface area contributed by atoms with Gasteiger partial charge in [-0.05, 0) is 53.6 Å². The number of aryl methyl sites for hydroxylation is 1. The number of fused-ring (bicyclic) bond motifs is 1. The number of hydrogen-bond acceptors (Lipinski definition) is 4. The predicted octanol–water partition coefficient (Wildman–Crippen LogP) is 5.14. The number of rotatable bonds is 5. The Balaban J connectivity index is 1.87. The number of anilines is 1. The molecule has 0 radical (unpaired) electrons. The number of imide groups is 2. The van der Waals surface area contributed by atoms with Crippen LogP contribution in [0.1, 0.15) is 11.1 Å². The van der Waals surface area contributed by atoms with E-state index in [4.69, 9.17) is 4.74 Å². The molecule has 3 aromatic carbocycles. The first-order valence-electron chi connectivity index (χ1n) is 9.83. The Morgan fingerprint density at radius 2 is 1.88 bits per heavy atom. The molecule has 1 N–H and O–H groups in total. The monoisotopic (exact) mass is 490 g/mol. The minimum atomic E-state index is -0.788. The first kappa shape index (κ1) is 21.5. The van der Waals surface area contributed by atoms with E-state index in [9.17, 15) is 14.4 Å². The van der Waals surface area contributed by atoms with Gasteiger partial charge in [0.1, 0.15) is 17.9 Å². The largest absolute Gasteiger partial charge is 0.489 e. The minimum Gasteiger partial charge on any atom is -0.489 e. The number of nitrogens with one attached hydrogen (secondary N) is 1. The van der Waals surface area contributed by atoms with E-state index < -0.39 is 17.8 Å². The smallest absolute Gasteiger partial charge is 0.335 e. The van der Waals surface area contributed by atoms with Gasteiger partial charge < -0.3 is 4.74 Å². The van der Waals surface area contributed by atoms with Gasteiger partial charge >= 0.3 is 6.03 Å². The number of carbonyl (C=O) groups excluding carboxylic acids is 3. The molecule has 0 atom stereocenters. The molecule has 4 rings (SSSR count). The van der Waals surface area contributed by atoms with Crippen molar-refractivity contribution in [1.82, 2.24) is 5.32 Å². The molecule has 0 aromatic heterocycles. The predicted molar refractivity (Wildman–Crippen MR) is 128 cm³/mol. The topological polar surface area (TPSA) is 75.7 Å². The molecule has 4 amide bonds. The van der Waals surface area contributed by atoms with Crippen LogP contribution in [0.3, 0.4) is 0 Å². The third-order valence-corrected chi connectivity index (χ3v) is 5.57. The van der Waals surface area contributed by atoms with Crippen LogP contribution in [0.2, 0.25) is 0 Å².